The molecule has 2 aromatic rings. The molecule has 1 heterocycles. The van der Waals surface area contributed by atoms with Gasteiger partial charge in [0, 0.05) is 16.8 Å². The number of hydrogen-bond acceptors (Lipinski definition) is 4. The summed E-state index contributed by atoms with van der Waals surface area (Å²) < 4.78 is 5.40. The zero-order chi connectivity index (χ0) is 23.5. The fraction of sp³-hybridized carbons (Fsp3) is 0.400. The molecular formula is C25H28ClN3O4. The lowest BCUT2D eigenvalue weighted by Crippen LogP contribution is -2.68. The molecule has 0 spiro atoms. The van der Waals surface area contributed by atoms with Crippen LogP contribution in [-0.4, -0.2) is 47.9 Å². The maximum Gasteiger partial charge on any atom is 0.258 e. The molecule has 0 bridgehead atoms. The van der Waals surface area contributed by atoms with Crippen LogP contribution in [0.4, 0.5) is 5.69 Å². The van der Waals surface area contributed by atoms with Crippen LogP contribution in [-0.2, 0) is 9.59 Å². The van der Waals surface area contributed by atoms with E-state index < -0.39 is 6.04 Å². The average Bonchev–Trinajstić information content (AvgIpc) is 2.81. The molecule has 1 aliphatic carbocycles. The zero-order valence-electron chi connectivity index (χ0n) is 18.8. The van der Waals surface area contributed by atoms with E-state index in [-0.39, 0.29) is 36.2 Å². The van der Waals surface area contributed by atoms with Crippen LogP contribution in [0.3, 0.4) is 0 Å². The summed E-state index contributed by atoms with van der Waals surface area (Å²) in [5, 5.41) is 6.41. The van der Waals surface area contributed by atoms with E-state index in [4.69, 9.17) is 16.3 Å². The van der Waals surface area contributed by atoms with E-state index >= 15 is 0 Å². The van der Waals surface area contributed by atoms with E-state index in [1.54, 1.807) is 41.3 Å². The predicted molar refractivity (Wildman–Crippen MR) is 127 cm³/mol. The Balaban J connectivity index is 1.63. The summed E-state index contributed by atoms with van der Waals surface area (Å²) in [4.78, 5) is 41.5. The zero-order valence-corrected chi connectivity index (χ0v) is 19.5. The topological polar surface area (TPSA) is 87.7 Å². The molecule has 8 heteroatoms. The molecule has 2 aromatic carbocycles. The minimum Gasteiger partial charge on any atom is -0.496 e. The Morgan fingerprint density at radius 1 is 1.18 bits per heavy atom. The van der Waals surface area contributed by atoms with E-state index in [9.17, 15) is 14.4 Å². The van der Waals surface area contributed by atoms with Crippen LogP contribution in [0.15, 0.2) is 42.5 Å². The Kier molecular flexibility index (Phi) is 6.88. The number of para-hydroxylation sites is 1. The molecule has 2 N–H and O–H groups in total. The maximum atomic E-state index is 13.7. The number of ether oxygens (including phenoxy) is 1. The van der Waals surface area contributed by atoms with Crippen molar-refractivity contribution >= 4 is 35.0 Å². The lowest BCUT2D eigenvalue weighted by molar-refractivity contribution is -0.135. The van der Waals surface area contributed by atoms with Gasteiger partial charge in [0.25, 0.3) is 5.91 Å². The van der Waals surface area contributed by atoms with E-state index in [1.807, 2.05) is 13.0 Å². The molecule has 3 amide bonds. The number of benzene rings is 2. The number of hydrogen-bond donors (Lipinski definition) is 2. The van der Waals surface area contributed by atoms with Crippen molar-refractivity contribution < 1.29 is 19.1 Å². The first kappa shape index (κ1) is 23.1. The minimum atomic E-state index is -0.916. The van der Waals surface area contributed by atoms with Gasteiger partial charge in [0.05, 0.1) is 25.1 Å². The molecule has 1 saturated heterocycles. The molecule has 0 aromatic heterocycles. The predicted octanol–water partition coefficient (Wildman–Crippen LogP) is 3.94. The van der Waals surface area contributed by atoms with Crippen LogP contribution < -0.4 is 15.4 Å². The Morgan fingerprint density at radius 2 is 1.94 bits per heavy atom. The van der Waals surface area contributed by atoms with E-state index in [0.717, 1.165) is 31.2 Å². The average molecular weight is 470 g/mol. The molecule has 1 saturated carbocycles. The van der Waals surface area contributed by atoms with Gasteiger partial charge in [0.2, 0.25) is 11.8 Å². The van der Waals surface area contributed by atoms with Crippen molar-refractivity contribution in [3.63, 3.8) is 0 Å². The van der Waals surface area contributed by atoms with Gasteiger partial charge < -0.3 is 20.3 Å². The van der Waals surface area contributed by atoms with Crippen LogP contribution in [0.1, 0.15) is 48.0 Å². The fourth-order valence-corrected chi connectivity index (χ4v) is 4.97. The maximum absolute atomic E-state index is 13.7. The van der Waals surface area contributed by atoms with Crippen molar-refractivity contribution in [2.75, 3.05) is 12.4 Å². The Morgan fingerprint density at radius 3 is 2.73 bits per heavy atom. The smallest absolute Gasteiger partial charge is 0.258 e. The van der Waals surface area contributed by atoms with Crippen molar-refractivity contribution in [3.05, 3.63) is 58.6 Å². The fourth-order valence-electron chi connectivity index (χ4n) is 4.80. The van der Waals surface area contributed by atoms with Crippen LogP contribution in [0, 0.1) is 6.92 Å². The lowest BCUT2D eigenvalue weighted by Gasteiger charge is -2.48. The summed E-state index contributed by atoms with van der Waals surface area (Å²) in [6.07, 6.45) is 3.40. The molecule has 174 valence electrons. The minimum absolute atomic E-state index is 0.112. The molecule has 3 atom stereocenters. The first-order valence-electron chi connectivity index (χ1n) is 11.2. The van der Waals surface area contributed by atoms with Crippen LogP contribution in [0.5, 0.6) is 5.75 Å². The third kappa shape index (κ3) is 4.83. The van der Waals surface area contributed by atoms with Crippen molar-refractivity contribution in [1.82, 2.24) is 10.2 Å². The number of amides is 3. The van der Waals surface area contributed by atoms with Gasteiger partial charge in [-0.3, -0.25) is 14.4 Å². The van der Waals surface area contributed by atoms with E-state index in [0.29, 0.717) is 22.0 Å². The van der Waals surface area contributed by atoms with Crippen molar-refractivity contribution in [3.8, 4) is 5.75 Å². The number of rotatable bonds is 5. The number of carbonyl (C=O) groups is 3. The highest BCUT2D eigenvalue weighted by Crippen LogP contribution is 2.32. The molecule has 7 nitrogen and oxygen atoms in total. The monoisotopic (exact) mass is 469 g/mol. The first-order chi connectivity index (χ1) is 15.9. The van der Waals surface area contributed by atoms with Crippen LogP contribution in [0.25, 0.3) is 0 Å². The van der Waals surface area contributed by atoms with Gasteiger partial charge >= 0.3 is 0 Å². The lowest BCUT2D eigenvalue weighted by atomic mass is 9.84. The Labute approximate surface area is 198 Å². The molecule has 0 unspecified atom stereocenters. The molecule has 2 fully saturated rings. The molecule has 1 aliphatic heterocycles. The Hall–Kier alpha value is -3.06. The van der Waals surface area contributed by atoms with Crippen molar-refractivity contribution in [1.29, 1.82) is 0 Å². The van der Waals surface area contributed by atoms with Gasteiger partial charge in [-0.15, -0.1) is 0 Å². The largest absolute Gasteiger partial charge is 0.496 e. The van der Waals surface area contributed by atoms with Gasteiger partial charge in [-0.2, -0.15) is 0 Å². The molecular weight excluding hydrogens is 442 g/mol. The van der Waals surface area contributed by atoms with Crippen LogP contribution >= 0.6 is 11.6 Å². The van der Waals surface area contributed by atoms with Gasteiger partial charge in [-0.25, -0.2) is 0 Å². The van der Waals surface area contributed by atoms with Crippen molar-refractivity contribution in [2.24, 2.45) is 0 Å². The summed E-state index contributed by atoms with van der Waals surface area (Å²) in [6, 6.07) is 11.0. The number of aryl methyl sites for hydroxylation is 1. The number of nitrogens with one attached hydrogen (secondary N) is 2. The van der Waals surface area contributed by atoms with Crippen molar-refractivity contribution in [2.45, 2.75) is 57.2 Å². The highest BCUT2D eigenvalue weighted by atomic mass is 35.5. The SMILES string of the molecule is COc1ccccc1C(=O)N1[C@@H]2CCCC[C@H]2NC(=O)[C@@H]1CC(=O)Nc1cc(Cl)ccc1C. The number of carbonyl (C=O) groups excluding carboxylic acids is 3. The third-order valence-corrected chi connectivity index (χ3v) is 6.71. The normalized spacial score (nSPS) is 22.2. The summed E-state index contributed by atoms with van der Waals surface area (Å²) in [5.74, 6) is -0.513. The van der Waals surface area contributed by atoms with Gasteiger partial charge in [0.15, 0.2) is 0 Å². The number of methoxy groups -OCH3 is 1. The molecule has 4 rings (SSSR count). The standard InChI is InChI=1S/C25H28ClN3O4/c1-15-11-12-16(26)13-19(15)27-23(30)14-21-24(31)28-18-8-4-5-9-20(18)29(21)25(32)17-7-3-6-10-22(17)33-2/h3,6-7,10-13,18,20-21H,4-5,8-9,14H2,1-2H3,(H,27,30)(H,28,31)/t18-,20-,21+/m1/s1. The van der Waals surface area contributed by atoms with Crippen LogP contribution in [0.2, 0.25) is 5.02 Å². The summed E-state index contributed by atoms with van der Waals surface area (Å²) in [5.41, 5.74) is 1.83. The summed E-state index contributed by atoms with van der Waals surface area (Å²) in [7, 11) is 1.51. The number of nitrogens with zero attached hydrogens (tertiary/aromatic N) is 1. The quantitative estimate of drug-likeness (QED) is 0.694. The second-order valence-corrected chi connectivity index (χ2v) is 9.04. The van der Waals surface area contributed by atoms with Gasteiger partial charge in [-0.05, 0) is 49.6 Å². The summed E-state index contributed by atoms with van der Waals surface area (Å²) in [6.45, 7) is 1.86. The number of fused-ring (bicyclic) bond motifs is 1. The highest BCUT2D eigenvalue weighted by molar-refractivity contribution is 6.31. The number of halogens is 1. The van der Waals surface area contributed by atoms with Gasteiger partial charge in [-0.1, -0.05) is 42.6 Å². The molecule has 33 heavy (non-hydrogen) atoms. The van der Waals surface area contributed by atoms with E-state index in [1.165, 1.54) is 7.11 Å². The second kappa shape index (κ2) is 9.83. The number of piperazine rings is 1. The van der Waals surface area contributed by atoms with Gasteiger partial charge in [0.1, 0.15) is 11.8 Å². The third-order valence-electron chi connectivity index (χ3n) is 6.48. The first-order valence-corrected chi connectivity index (χ1v) is 11.6. The highest BCUT2D eigenvalue weighted by Gasteiger charge is 2.46. The Bertz CT molecular complexity index is 1070. The van der Waals surface area contributed by atoms with E-state index in [2.05, 4.69) is 10.6 Å². The summed E-state index contributed by atoms with van der Waals surface area (Å²) >= 11 is 6.07. The number of anilines is 1. The molecule has 0 radical (unpaired) electrons. The second-order valence-electron chi connectivity index (χ2n) is 8.61. The molecule has 2 aliphatic rings.